The van der Waals surface area contributed by atoms with Crippen LogP contribution in [0.4, 0.5) is 8.78 Å². The Hall–Kier alpha value is -0.220. The van der Waals surface area contributed by atoms with Crippen molar-refractivity contribution in [2.75, 3.05) is 26.2 Å². The first-order valence-electron chi connectivity index (χ1n) is 5.50. The van der Waals surface area contributed by atoms with Crippen LogP contribution in [0.2, 0.25) is 0 Å². The summed E-state index contributed by atoms with van der Waals surface area (Å²) in [7, 11) is 0. The highest BCUT2D eigenvalue weighted by Gasteiger charge is 2.36. The van der Waals surface area contributed by atoms with Crippen molar-refractivity contribution in [1.29, 1.82) is 0 Å². The number of hydrogen-bond donors (Lipinski definition) is 1. The molecule has 2 aliphatic rings. The van der Waals surface area contributed by atoms with Crippen molar-refractivity contribution in [3.63, 3.8) is 0 Å². The fraction of sp³-hybridized carbons (Fsp3) is 1.00. The second-order valence-electron chi connectivity index (χ2n) is 4.39. The predicted octanol–water partition coefficient (Wildman–Crippen LogP) is 1.47. The maximum absolute atomic E-state index is 12.9. The molecule has 2 heterocycles. The molecule has 1 atom stereocenters. The minimum absolute atomic E-state index is 0.0451. The maximum Gasteiger partial charge on any atom is 0.250 e. The quantitative estimate of drug-likeness (QED) is 0.696. The van der Waals surface area contributed by atoms with E-state index in [0.29, 0.717) is 19.1 Å². The van der Waals surface area contributed by atoms with E-state index in [1.807, 2.05) is 0 Å². The third-order valence-electron chi connectivity index (χ3n) is 3.32. The smallest absolute Gasteiger partial charge is 0.250 e. The van der Waals surface area contributed by atoms with E-state index in [2.05, 4.69) is 10.2 Å². The fourth-order valence-corrected chi connectivity index (χ4v) is 2.36. The van der Waals surface area contributed by atoms with Crippen LogP contribution >= 0.6 is 0 Å². The molecule has 0 radical (unpaired) electrons. The van der Waals surface area contributed by atoms with Crippen LogP contribution in [0.3, 0.4) is 0 Å². The van der Waals surface area contributed by atoms with Gasteiger partial charge in [0.1, 0.15) is 0 Å². The zero-order valence-electron chi connectivity index (χ0n) is 8.44. The maximum atomic E-state index is 12.9. The SMILES string of the molecule is FC1(F)CCN(C2CCCNC2)CC1. The van der Waals surface area contributed by atoms with Crippen LogP contribution in [0, 0.1) is 0 Å². The summed E-state index contributed by atoms with van der Waals surface area (Å²) in [5, 5.41) is 3.32. The molecule has 0 aromatic carbocycles. The van der Waals surface area contributed by atoms with Crippen molar-refractivity contribution in [2.45, 2.75) is 37.6 Å². The van der Waals surface area contributed by atoms with Crippen LogP contribution in [0.1, 0.15) is 25.7 Å². The van der Waals surface area contributed by atoms with Gasteiger partial charge in [0.15, 0.2) is 0 Å². The number of rotatable bonds is 1. The number of hydrogen-bond acceptors (Lipinski definition) is 2. The summed E-state index contributed by atoms with van der Waals surface area (Å²) in [5.41, 5.74) is 0. The molecule has 0 aromatic heterocycles. The van der Waals surface area contributed by atoms with E-state index in [4.69, 9.17) is 0 Å². The largest absolute Gasteiger partial charge is 0.315 e. The van der Waals surface area contributed by atoms with Gasteiger partial charge in [-0.1, -0.05) is 0 Å². The van der Waals surface area contributed by atoms with Crippen LogP contribution in [0.5, 0.6) is 0 Å². The first-order valence-corrected chi connectivity index (χ1v) is 5.50. The first kappa shape index (κ1) is 10.3. The molecule has 2 saturated heterocycles. The molecule has 0 amide bonds. The van der Waals surface area contributed by atoms with E-state index in [-0.39, 0.29) is 12.8 Å². The highest BCUT2D eigenvalue weighted by atomic mass is 19.3. The molecule has 1 N–H and O–H groups in total. The van der Waals surface area contributed by atoms with Gasteiger partial charge in [0.2, 0.25) is 0 Å². The Balaban J connectivity index is 1.82. The lowest BCUT2D eigenvalue weighted by atomic mass is 10.0. The molecule has 14 heavy (non-hydrogen) atoms. The molecule has 2 fully saturated rings. The van der Waals surface area contributed by atoms with Crippen molar-refractivity contribution in [1.82, 2.24) is 10.2 Å². The van der Waals surface area contributed by atoms with Crippen molar-refractivity contribution in [2.24, 2.45) is 0 Å². The van der Waals surface area contributed by atoms with Crippen LogP contribution in [0.15, 0.2) is 0 Å². The molecule has 4 heteroatoms. The summed E-state index contributed by atoms with van der Waals surface area (Å²) >= 11 is 0. The second kappa shape index (κ2) is 4.11. The van der Waals surface area contributed by atoms with Crippen molar-refractivity contribution in [3.05, 3.63) is 0 Å². The third-order valence-corrected chi connectivity index (χ3v) is 3.32. The average Bonchev–Trinajstić information content (AvgIpc) is 2.19. The van der Waals surface area contributed by atoms with Gasteiger partial charge in [-0.05, 0) is 19.4 Å². The Morgan fingerprint density at radius 2 is 1.93 bits per heavy atom. The zero-order chi connectivity index (χ0) is 10.0. The summed E-state index contributed by atoms with van der Waals surface area (Å²) in [5.74, 6) is -2.40. The number of nitrogens with one attached hydrogen (secondary N) is 1. The molecule has 2 nitrogen and oxygen atoms in total. The van der Waals surface area contributed by atoms with E-state index >= 15 is 0 Å². The minimum Gasteiger partial charge on any atom is -0.315 e. The number of nitrogens with zero attached hydrogens (tertiary/aromatic N) is 1. The van der Waals surface area contributed by atoms with E-state index in [1.165, 1.54) is 12.8 Å². The van der Waals surface area contributed by atoms with Gasteiger partial charge in [0, 0.05) is 38.5 Å². The number of piperidine rings is 2. The molecule has 0 bridgehead atoms. The highest BCUT2D eigenvalue weighted by molar-refractivity contribution is 4.84. The molecule has 0 saturated carbocycles. The topological polar surface area (TPSA) is 15.3 Å². The summed E-state index contributed by atoms with van der Waals surface area (Å²) in [6.45, 7) is 3.20. The Bertz CT molecular complexity index is 181. The van der Waals surface area contributed by atoms with Crippen LogP contribution < -0.4 is 5.32 Å². The molecule has 0 aliphatic carbocycles. The van der Waals surface area contributed by atoms with Crippen molar-refractivity contribution < 1.29 is 8.78 Å². The summed E-state index contributed by atoms with van der Waals surface area (Å²) < 4.78 is 25.8. The van der Waals surface area contributed by atoms with Crippen molar-refractivity contribution >= 4 is 0 Å². The second-order valence-corrected chi connectivity index (χ2v) is 4.39. The number of halogens is 2. The summed E-state index contributed by atoms with van der Waals surface area (Å²) in [4.78, 5) is 2.23. The lowest BCUT2D eigenvalue weighted by Gasteiger charge is -2.39. The fourth-order valence-electron chi connectivity index (χ4n) is 2.36. The molecule has 1 unspecified atom stereocenters. The molecule has 82 valence electrons. The van der Waals surface area contributed by atoms with Gasteiger partial charge < -0.3 is 5.32 Å². The third kappa shape index (κ3) is 2.42. The van der Waals surface area contributed by atoms with E-state index in [0.717, 1.165) is 13.1 Å². The van der Waals surface area contributed by atoms with Crippen LogP contribution in [-0.4, -0.2) is 43.0 Å². The highest BCUT2D eigenvalue weighted by Crippen LogP contribution is 2.29. The molecular formula is C10H18F2N2. The number of alkyl halides is 2. The predicted molar refractivity (Wildman–Crippen MR) is 51.6 cm³/mol. The van der Waals surface area contributed by atoms with Gasteiger partial charge in [-0.15, -0.1) is 0 Å². The Morgan fingerprint density at radius 1 is 1.21 bits per heavy atom. The van der Waals surface area contributed by atoms with Gasteiger partial charge >= 0.3 is 0 Å². The van der Waals surface area contributed by atoms with Gasteiger partial charge in [-0.25, -0.2) is 8.78 Å². The lowest BCUT2D eigenvalue weighted by Crippen LogP contribution is -2.50. The van der Waals surface area contributed by atoms with E-state index in [1.54, 1.807) is 0 Å². The Kier molecular flexibility index (Phi) is 3.02. The Labute approximate surface area is 83.7 Å². The molecule has 2 aliphatic heterocycles. The van der Waals surface area contributed by atoms with Crippen molar-refractivity contribution in [3.8, 4) is 0 Å². The normalized spacial score (nSPS) is 34.3. The monoisotopic (exact) mass is 204 g/mol. The summed E-state index contributed by atoms with van der Waals surface area (Å²) in [6, 6.07) is 0.500. The van der Waals surface area contributed by atoms with Crippen LogP contribution in [0.25, 0.3) is 0 Å². The first-order chi connectivity index (χ1) is 6.67. The van der Waals surface area contributed by atoms with E-state index in [9.17, 15) is 8.78 Å². The number of likely N-dealkylation sites (tertiary alicyclic amines) is 1. The average molecular weight is 204 g/mol. The van der Waals surface area contributed by atoms with Gasteiger partial charge in [-0.3, -0.25) is 4.90 Å². The molecule has 2 rings (SSSR count). The standard InChI is InChI=1S/C10H18F2N2/c11-10(12)3-6-14(7-4-10)9-2-1-5-13-8-9/h9,13H,1-8H2. The Morgan fingerprint density at radius 3 is 2.50 bits per heavy atom. The lowest BCUT2D eigenvalue weighted by molar-refractivity contribution is -0.0644. The van der Waals surface area contributed by atoms with E-state index < -0.39 is 5.92 Å². The van der Waals surface area contributed by atoms with Crippen LogP contribution in [-0.2, 0) is 0 Å². The molecule has 0 aromatic rings. The van der Waals surface area contributed by atoms with Gasteiger partial charge in [-0.2, -0.15) is 0 Å². The molecular weight excluding hydrogens is 186 g/mol. The van der Waals surface area contributed by atoms with Gasteiger partial charge in [0.25, 0.3) is 5.92 Å². The molecule has 0 spiro atoms. The van der Waals surface area contributed by atoms with Gasteiger partial charge in [0.05, 0.1) is 0 Å². The minimum atomic E-state index is -2.40. The summed E-state index contributed by atoms with van der Waals surface area (Å²) in [6.07, 6.45) is 2.43. The zero-order valence-corrected chi connectivity index (χ0v) is 8.44.